The third-order valence-corrected chi connectivity index (χ3v) is 5.15. The van der Waals surface area contributed by atoms with Gasteiger partial charge in [0.1, 0.15) is 12.7 Å². The minimum absolute atomic E-state index is 0.444. The highest BCUT2D eigenvalue weighted by molar-refractivity contribution is 5.78. The molecule has 1 radical (unpaired) electrons. The van der Waals surface area contributed by atoms with Crippen molar-refractivity contribution in [3.05, 3.63) is 0 Å². The van der Waals surface area contributed by atoms with Crippen molar-refractivity contribution in [1.82, 2.24) is 0 Å². The van der Waals surface area contributed by atoms with E-state index in [1.807, 2.05) is 0 Å². The zero-order valence-corrected chi connectivity index (χ0v) is 23.7. The third kappa shape index (κ3) is 8.73. The van der Waals surface area contributed by atoms with Gasteiger partial charge in [0.25, 0.3) is 0 Å². The number of hydrogen-bond donors (Lipinski definition) is 0. The Labute approximate surface area is 214 Å². The highest BCUT2D eigenvalue weighted by Crippen LogP contribution is 2.33. The second-order valence-corrected chi connectivity index (χ2v) is 13.3. The number of carbonyl (C=O) groups excluding carboxylic acids is 4. The van der Waals surface area contributed by atoms with Crippen LogP contribution in [0.5, 0.6) is 0 Å². The fourth-order valence-electron chi connectivity index (χ4n) is 2.69. The second kappa shape index (κ2) is 11.0. The van der Waals surface area contributed by atoms with Crippen LogP contribution in [0.15, 0.2) is 0 Å². The first-order chi connectivity index (χ1) is 16.0. The van der Waals surface area contributed by atoms with Gasteiger partial charge in [-0.05, 0) is 83.1 Å². The lowest BCUT2D eigenvalue weighted by atomic mass is 9.93. The average molecular weight is 516 g/mol. The van der Waals surface area contributed by atoms with Crippen molar-refractivity contribution in [3.8, 4) is 0 Å². The molecule has 1 aliphatic heterocycles. The largest absolute Gasteiger partial charge is 0.462 e. The van der Waals surface area contributed by atoms with Gasteiger partial charge in [-0.3, -0.25) is 19.2 Å². The van der Waals surface area contributed by atoms with Gasteiger partial charge >= 0.3 is 23.9 Å². The van der Waals surface area contributed by atoms with Gasteiger partial charge in [0.15, 0.2) is 18.3 Å². The van der Waals surface area contributed by atoms with E-state index in [2.05, 4.69) is 0 Å². The lowest BCUT2D eigenvalue weighted by Gasteiger charge is -2.44. The van der Waals surface area contributed by atoms with E-state index >= 15 is 0 Å². The van der Waals surface area contributed by atoms with Crippen LogP contribution in [-0.4, -0.2) is 61.2 Å². The summed E-state index contributed by atoms with van der Waals surface area (Å²) in [6, 6.07) is 0. The van der Waals surface area contributed by atoms with Crippen molar-refractivity contribution < 1.29 is 48.0 Å². The summed E-state index contributed by atoms with van der Waals surface area (Å²) in [4.78, 5) is 50.8. The van der Waals surface area contributed by atoms with Gasteiger partial charge in [-0.2, -0.15) is 5.11 Å². The summed E-state index contributed by atoms with van der Waals surface area (Å²) in [6.07, 6.45) is -7.78. The summed E-state index contributed by atoms with van der Waals surface area (Å²) < 4.78 is 27.7. The summed E-state index contributed by atoms with van der Waals surface area (Å²) in [5.74, 6) is -2.68. The molecule has 0 amide bonds. The molecule has 0 aliphatic carbocycles. The predicted molar refractivity (Wildman–Crippen MR) is 128 cm³/mol. The Balaban J connectivity index is 3.50. The molecular formula is C26H43O10. The van der Waals surface area contributed by atoms with E-state index in [1.54, 1.807) is 83.1 Å². The van der Waals surface area contributed by atoms with Gasteiger partial charge in [0, 0.05) is 0 Å². The van der Waals surface area contributed by atoms with Crippen molar-refractivity contribution in [2.75, 3.05) is 6.61 Å². The Morgan fingerprint density at radius 2 is 0.889 bits per heavy atom. The molecule has 0 aromatic heterocycles. The van der Waals surface area contributed by atoms with E-state index in [0.717, 1.165) is 0 Å². The van der Waals surface area contributed by atoms with Crippen molar-refractivity contribution in [3.63, 3.8) is 0 Å². The van der Waals surface area contributed by atoms with Gasteiger partial charge in [-0.15, -0.1) is 0 Å². The first kappa shape index (κ1) is 31.8. The molecule has 10 heteroatoms. The Bertz CT molecular complexity index is 820. The molecule has 0 spiro atoms. The fourth-order valence-corrected chi connectivity index (χ4v) is 2.69. The van der Waals surface area contributed by atoms with Gasteiger partial charge in [0.2, 0.25) is 6.29 Å². The summed E-state index contributed by atoms with van der Waals surface area (Å²) in [5.41, 5.74) is -3.76. The van der Waals surface area contributed by atoms with Crippen molar-refractivity contribution in [2.45, 2.75) is 114 Å². The molecule has 1 rings (SSSR count). The number of ether oxygens (including phenoxy) is 5. The van der Waals surface area contributed by atoms with Crippen molar-refractivity contribution in [1.29, 1.82) is 0 Å². The molecule has 1 saturated heterocycles. The van der Waals surface area contributed by atoms with Gasteiger partial charge in [-0.1, -0.05) is 0 Å². The van der Waals surface area contributed by atoms with E-state index in [4.69, 9.17) is 23.7 Å². The molecule has 0 unspecified atom stereocenters. The van der Waals surface area contributed by atoms with Gasteiger partial charge in [-0.25, -0.2) is 0 Å². The lowest BCUT2D eigenvalue weighted by Crippen LogP contribution is -2.63. The minimum atomic E-state index is -2.00. The van der Waals surface area contributed by atoms with Crippen LogP contribution < -0.4 is 0 Å². The van der Waals surface area contributed by atoms with E-state index in [9.17, 15) is 24.3 Å². The molecule has 0 aromatic rings. The molecule has 0 saturated carbocycles. The number of carbonyl (C=O) groups is 4. The van der Waals surface area contributed by atoms with E-state index in [-0.39, 0.29) is 0 Å². The molecule has 207 valence electrons. The van der Waals surface area contributed by atoms with Crippen LogP contribution in [-0.2, 0) is 48.0 Å². The fraction of sp³-hybridized carbons (Fsp3) is 0.846. The number of rotatable bonds is 5. The highest BCUT2D eigenvalue weighted by Gasteiger charge is 2.54. The van der Waals surface area contributed by atoms with Crippen LogP contribution in [0, 0.1) is 21.7 Å². The smallest absolute Gasteiger partial charge is 0.311 e. The SMILES string of the molecule is CC(C)(C)C(=O)OC[C@H]1O[C@@H]([O])[C@H](OC(=O)C(C)(C)C)[C@@H](OC(=O)C(C)(C)C)[C@H]1OC(=O)C(C)(C)C. The maximum atomic E-state index is 13.1. The molecule has 5 atom stereocenters. The van der Waals surface area contributed by atoms with Crippen LogP contribution in [0.1, 0.15) is 83.1 Å². The van der Waals surface area contributed by atoms with E-state index in [0.29, 0.717) is 0 Å². The lowest BCUT2D eigenvalue weighted by molar-refractivity contribution is -0.314. The van der Waals surface area contributed by atoms with E-state index < -0.39 is 82.8 Å². The molecule has 36 heavy (non-hydrogen) atoms. The molecule has 10 nitrogen and oxygen atoms in total. The number of hydrogen-bond acceptors (Lipinski definition) is 9. The van der Waals surface area contributed by atoms with Crippen LogP contribution in [0.3, 0.4) is 0 Å². The molecule has 0 N–H and O–H groups in total. The molecular weight excluding hydrogens is 472 g/mol. The Morgan fingerprint density at radius 3 is 1.25 bits per heavy atom. The van der Waals surface area contributed by atoms with Crippen molar-refractivity contribution in [2.24, 2.45) is 21.7 Å². The third-order valence-electron chi connectivity index (χ3n) is 5.15. The van der Waals surface area contributed by atoms with Crippen LogP contribution in [0.25, 0.3) is 0 Å². The van der Waals surface area contributed by atoms with E-state index in [1.165, 1.54) is 0 Å². The molecule has 1 heterocycles. The zero-order chi connectivity index (χ0) is 28.4. The normalized spacial score (nSPS) is 25.5. The predicted octanol–water partition coefficient (Wildman–Crippen LogP) is 3.60. The van der Waals surface area contributed by atoms with Crippen molar-refractivity contribution >= 4 is 23.9 Å². The first-order valence-corrected chi connectivity index (χ1v) is 12.1. The Hall–Kier alpha value is -2.20. The van der Waals surface area contributed by atoms with Gasteiger partial charge < -0.3 is 23.7 Å². The first-order valence-electron chi connectivity index (χ1n) is 12.1. The summed E-state index contributed by atoms with van der Waals surface area (Å²) >= 11 is 0. The molecule has 1 fully saturated rings. The Kier molecular flexibility index (Phi) is 9.77. The van der Waals surface area contributed by atoms with Crippen LogP contribution in [0.4, 0.5) is 0 Å². The number of esters is 4. The topological polar surface area (TPSA) is 134 Å². The molecule has 0 aromatic carbocycles. The summed E-state index contributed by atoms with van der Waals surface area (Å²) in [7, 11) is 0. The summed E-state index contributed by atoms with van der Waals surface area (Å²) in [6.45, 7) is 19.0. The van der Waals surface area contributed by atoms with Crippen LogP contribution in [0.2, 0.25) is 0 Å². The second-order valence-electron chi connectivity index (χ2n) is 13.3. The van der Waals surface area contributed by atoms with Gasteiger partial charge in [0.05, 0.1) is 21.7 Å². The highest BCUT2D eigenvalue weighted by atomic mass is 16.7. The van der Waals surface area contributed by atoms with Crippen LogP contribution >= 0.6 is 0 Å². The standard InChI is InChI=1S/C26H43O10/c1-23(2,3)19(28)32-13-14-15(34-20(29)24(4,5)6)16(35-21(30)25(7,8)9)17(18(27)33-14)36-22(31)26(10,11)12/h14-18H,13H2,1-12H3/t14-,15+,16+,17-,18-/m1/s1. The summed E-state index contributed by atoms with van der Waals surface area (Å²) in [5, 5.41) is 13.1. The maximum absolute atomic E-state index is 13.1. The average Bonchev–Trinajstić information content (AvgIpc) is 2.67. The maximum Gasteiger partial charge on any atom is 0.311 e. The minimum Gasteiger partial charge on any atom is -0.462 e. The quantitative estimate of drug-likeness (QED) is 0.397. The monoisotopic (exact) mass is 515 g/mol. The zero-order valence-electron chi connectivity index (χ0n) is 23.7. The Morgan fingerprint density at radius 1 is 0.556 bits per heavy atom. The molecule has 1 aliphatic rings. The molecule has 0 bridgehead atoms.